The van der Waals surface area contributed by atoms with Gasteiger partial charge in [-0.05, 0) is 18.8 Å². The molecule has 1 unspecified atom stereocenters. The Hall–Kier alpha value is -0.330. The van der Waals surface area contributed by atoms with E-state index in [4.69, 9.17) is 0 Å². The smallest absolute Gasteiger partial charge is 0.132 e. The van der Waals surface area contributed by atoms with Crippen molar-refractivity contribution in [3.63, 3.8) is 0 Å². The van der Waals surface area contributed by atoms with E-state index >= 15 is 0 Å². The molecule has 1 rings (SSSR count). The molecule has 1 fully saturated rings. The van der Waals surface area contributed by atoms with Crippen molar-refractivity contribution in [2.75, 3.05) is 0 Å². The maximum Gasteiger partial charge on any atom is 0.132 e. The molecule has 1 saturated carbocycles. The fraction of sp³-hybridized carbons (Fsp3) is 0.938. The van der Waals surface area contributed by atoms with Crippen LogP contribution in [0.2, 0.25) is 0 Å². The molecule has 0 amide bonds. The molecule has 1 aliphatic carbocycles. The molecule has 1 heteroatoms. The van der Waals surface area contributed by atoms with Crippen LogP contribution in [0, 0.1) is 5.92 Å². The summed E-state index contributed by atoms with van der Waals surface area (Å²) in [4.78, 5) is 11.7. The molecule has 1 atom stereocenters. The van der Waals surface area contributed by atoms with Crippen LogP contribution in [-0.4, -0.2) is 5.78 Å². The van der Waals surface area contributed by atoms with Gasteiger partial charge in [-0.15, -0.1) is 0 Å². The van der Waals surface area contributed by atoms with Gasteiger partial charge in [-0.3, -0.25) is 4.79 Å². The third kappa shape index (κ3) is 8.40. The fourth-order valence-corrected chi connectivity index (χ4v) is 2.73. The highest BCUT2D eigenvalue weighted by Crippen LogP contribution is 2.18. The number of ketones is 1. The molecule has 0 aromatic heterocycles. The van der Waals surface area contributed by atoms with E-state index in [9.17, 15) is 4.79 Å². The fourth-order valence-electron chi connectivity index (χ4n) is 2.73. The Morgan fingerprint density at radius 2 is 1.24 bits per heavy atom. The van der Waals surface area contributed by atoms with Gasteiger partial charge in [0.25, 0.3) is 0 Å². The Kier molecular flexibility index (Phi) is 8.38. The van der Waals surface area contributed by atoms with E-state index in [1.807, 2.05) is 0 Å². The first kappa shape index (κ1) is 14.7. The highest BCUT2D eigenvalue weighted by Gasteiger charge is 2.07. The molecular formula is C16H30O. The Labute approximate surface area is 107 Å². The third-order valence-corrected chi connectivity index (χ3v) is 4.07. The first-order valence-electron chi connectivity index (χ1n) is 7.81. The molecule has 0 heterocycles. The summed E-state index contributed by atoms with van der Waals surface area (Å²) in [6.45, 7) is 2.31. The molecule has 0 N–H and O–H groups in total. The van der Waals surface area contributed by atoms with Crippen LogP contribution < -0.4 is 0 Å². The second kappa shape index (κ2) is 9.67. The lowest BCUT2D eigenvalue weighted by Crippen LogP contribution is -2.02. The Morgan fingerprint density at radius 3 is 1.88 bits per heavy atom. The third-order valence-electron chi connectivity index (χ3n) is 4.07. The SMILES string of the molecule is CC1CCCCCCCCCCCC(=O)CC1. The number of carbonyl (C=O) groups excluding carboxylic acids is 1. The summed E-state index contributed by atoms with van der Waals surface area (Å²) in [5.74, 6) is 1.26. The minimum absolute atomic E-state index is 0.506. The molecule has 100 valence electrons. The molecule has 0 spiro atoms. The van der Waals surface area contributed by atoms with Gasteiger partial charge in [0.2, 0.25) is 0 Å². The van der Waals surface area contributed by atoms with Gasteiger partial charge in [-0.2, -0.15) is 0 Å². The van der Waals surface area contributed by atoms with Gasteiger partial charge in [0.05, 0.1) is 0 Å². The van der Waals surface area contributed by atoms with Crippen LogP contribution >= 0.6 is 0 Å². The van der Waals surface area contributed by atoms with Crippen LogP contribution in [0.5, 0.6) is 0 Å². The topological polar surface area (TPSA) is 17.1 Å². The van der Waals surface area contributed by atoms with Crippen molar-refractivity contribution in [1.29, 1.82) is 0 Å². The highest BCUT2D eigenvalue weighted by molar-refractivity contribution is 5.78. The summed E-state index contributed by atoms with van der Waals surface area (Å²) in [5.41, 5.74) is 0. The molecule has 1 aliphatic rings. The molecule has 0 radical (unpaired) electrons. The van der Waals surface area contributed by atoms with Gasteiger partial charge in [-0.25, -0.2) is 0 Å². The predicted octanol–water partition coefficient (Wildman–Crippen LogP) is 5.28. The number of carbonyl (C=O) groups is 1. The first-order valence-corrected chi connectivity index (χ1v) is 7.81. The molecular weight excluding hydrogens is 208 g/mol. The van der Waals surface area contributed by atoms with Gasteiger partial charge in [0.1, 0.15) is 5.78 Å². The quantitative estimate of drug-likeness (QED) is 0.561. The molecule has 0 bridgehead atoms. The Bertz CT molecular complexity index is 198. The van der Waals surface area contributed by atoms with Crippen molar-refractivity contribution in [2.24, 2.45) is 5.92 Å². The summed E-state index contributed by atoms with van der Waals surface area (Å²) in [7, 11) is 0. The van der Waals surface area contributed by atoms with Crippen molar-refractivity contribution in [2.45, 2.75) is 90.4 Å². The molecule has 0 aromatic rings. The number of hydrogen-bond donors (Lipinski definition) is 0. The van der Waals surface area contributed by atoms with Gasteiger partial charge >= 0.3 is 0 Å². The largest absolute Gasteiger partial charge is 0.300 e. The molecule has 1 nitrogen and oxygen atoms in total. The van der Waals surface area contributed by atoms with Crippen molar-refractivity contribution in [1.82, 2.24) is 0 Å². The van der Waals surface area contributed by atoms with Crippen molar-refractivity contribution in [3.8, 4) is 0 Å². The summed E-state index contributed by atoms with van der Waals surface area (Å²) in [5, 5.41) is 0. The lowest BCUT2D eigenvalue weighted by Gasteiger charge is -2.10. The monoisotopic (exact) mass is 238 g/mol. The van der Waals surface area contributed by atoms with Crippen LogP contribution in [0.3, 0.4) is 0 Å². The van der Waals surface area contributed by atoms with E-state index < -0.39 is 0 Å². The predicted molar refractivity (Wildman–Crippen MR) is 74.2 cm³/mol. The van der Waals surface area contributed by atoms with E-state index in [2.05, 4.69) is 6.92 Å². The van der Waals surface area contributed by atoms with E-state index in [1.165, 1.54) is 57.8 Å². The summed E-state index contributed by atoms with van der Waals surface area (Å²) < 4.78 is 0. The van der Waals surface area contributed by atoms with Crippen LogP contribution in [0.4, 0.5) is 0 Å². The number of Topliss-reactive ketones (excluding diaryl/α,β-unsaturated/α-hetero) is 1. The maximum absolute atomic E-state index is 11.7. The average Bonchev–Trinajstić information content (AvgIpc) is 2.33. The van der Waals surface area contributed by atoms with Gasteiger partial charge in [0.15, 0.2) is 0 Å². The molecule has 0 aliphatic heterocycles. The normalized spacial score (nSPS) is 27.1. The van der Waals surface area contributed by atoms with Gasteiger partial charge < -0.3 is 0 Å². The van der Waals surface area contributed by atoms with Crippen molar-refractivity contribution in [3.05, 3.63) is 0 Å². The summed E-state index contributed by atoms with van der Waals surface area (Å²) in [6, 6.07) is 0. The van der Waals surface area contributed by atoms with Crippen molar-refractivity contribution < 1.29 is 4.79 Å². The van der Waals surface area contributed by atoms with Crippen LogP contribution in [0.15, 0.2) is 0 Å². The minimum Gasteiger partial charge on any atom is -0.300 e. The second-order valence-corrected chi connectivity index (χ2v) is 5.90. The van der Waals surface area contributed by atoms with E-state index in [0.717, 1.165) is 31.6 Å². The average molecular weight is 238 g/mol. The maximum atomic E-state index is 11.7. The van der Waals surface area contributed by atoms with Crippen LogP contribution in [0.25, 0.3) is 0 Å². The molecule has 0 aromatic carbocycles. The highest BCUT2D eigenvalue weighted by atomic mass is 16.1. The zero-order chi connectivity index (χ0) is 12.3. The minimum atomic E-state index is 0.506. The lowest BCUT2D eigenvalue weighted by atomic mass is 9.96. The second-order valence-electron chi connectivity index (χ2n) is 5.90. The van der Waals surface area contributed by atoms with Crippen LogP contribution in [0.1, 0.15) is 90.4 Å². The van der Waals surface area contributed by atoms with Crippen LogP contribution in [-0.2, 0) is 4.79 Å². The van der Waals surface area contributed by atoms with Crippen molar-refractivity contribution >= 4 is 5.78 Å². The number of rotatable bonds is 0. The first-order chi connectivity index (χ1) is 8.29. The standard InChI is InChI=1S/C16H30O/c1-15-11-9-7-5-3-2-4-6-8-10-12-16(17)14-13-15/h15H,2-14H2,1H3. The van der Waals surface area contributed by atoms with E-state index in [0.29, 0.717) is 5.78 Å². The zero-order valence-corrected chi connectivity index (χ0v) is 11.7. The van der Waals surface area contributed by atoms with Gasteiger partial charge in [0, 0.05) is 12.8 Å². The van der Waals surface area contributed by atoms with E-state index in [-0.39, 0.29) is 0 Å². The zero-order valence-electron chi connectivity index (χ0n) is 11.7. The van der Waals surface area contributed by atoms with Gasteiger partial charge in [-0.1, -0.05) is 64.7 Å². The Balaban J connectivity index is 2.23. The molecule has 17 heavy (non-hydrogen) atoms. The molecule has 0 saturated heterocycles. The summed E-state index contributed by atoms with van der Waals surface area (Å²) >= 11 is 0. The Morgan fingerprint density at radius 1 is 0.706 bits per heavy atom. The van der Waals surface area contributed by atoms with E-state index in [1.54, 1.807) is 0 Å². The summed E-state index contributed by atoms with van der Waals surface area (Å²) in [6.07, 6.45) is 16.3. The number of hydrogen-bond acceptors (Lipinski definition) is 1. The lowest BCUT2D eigenvalue weighted by molar-refractivity contribution is -0.119.